The summed E-state index contributed by atoms with van der Waals surface area (Å²) in [5, 5.41) is 0. The molecular formula is C8H12O4. The normalized spacial score (nSPS) is 23.9. The SMILES string of the molecule is COC/C=C1\OC(=O)OC1(C)C. The van der Waals surface area contributed by atoms with E-state index in [4.69, 9.17) is 14.2 Å². The van der Waals surface area contributed by atoms with Crippen molar-refractivity contribution in [2.24, 2.45) is 0 Å². The summed E-state index contributed by atoms with van der Waals surface area (Å²) in [5.41, 5.74) is -0.657. The molecule has 1 rings (SSSR count). The Morgan fingerprint density at radius 1 is 1.58 bits per heavy atom. The maximum Gasteiger partial charge on any atom is 0.514 e. The van der Waals surface area contributed by atoms with Crippen LogP contribution >= 0.6 is 0 Å². The Morgan fingerprint density at radius 3 is 2.67 bits per heavy atom. The predicted octanol–water partition coefficient (Wildman–Crippen LogP) is 1.46. The van der Waals surface area contributed by atoms with Crippen molar-refractivity contribution in [3.8, 4) is 0 Å². The summed E-state index contributed by atoms with van der Waals surface area (Å²) in [4.78, 5) is 10.7. The molecule has 0 unspecified atom stereocenters. The van der Waals surface area contributed by atoms with Crippen LogP contribution in [0.4, 0.5) is 4.79 Å². The number of methoxy groups -OCH3 is 1. The van der Waals surface area contributed by atoms with Crippen molar-refractivity contribution >= 4 is 6.16 Å². The van der Waals surface area contributed by atoms with E-state index >= 15 is 0 Å². The van der Waals surface area contributed by atoms with Crippen LogP contribution in [0.1, 0.15) is 13.8 Å². The zero-order valence-corrected chi connectivity index (χ0v) is 7.42. The van der Waals surface area contributed by atoms with Gasteiger partial charge >= 0.3 is 6.16 Å². The van der Waals surface area contributed by atoms with Gasteiger partial charge in [0.2, 0.25) is 0 Å². The van der Waals surface area contributed by atoms with Gasteiger partial charge in [0.05, 0.1) is 6.61 Å². The lowest BCUT2D eigenvalue weighted by atomic mass is 10.1. The summed E-state index contributed by atoms with van der Waals surface area (Å²) < 4.78 is 14.5. The molecule has 1 aliphatic heterocycles. The minimum atomic E-state index is -0.657. The molecule has 0 N–H and O–H groups in total. The zero-order chi connectivity index (χ0) is 9.19. The van der Waals surface area contributed by atoms with E-state index in [1.54, 1.807) is 27.0 Å². The van der Waals surface area contributed by atoms with E-state index in [1.165, 1.54) is 0 Å². The van der Waals surface area contributed by atoms with Gasteiger partial charge in [-0.3, -0.25) is 0 Å². The molecule has 0 saturated carbocycles. The number of carbonyl (C=O) groups excluding carboxylic acids is 1. The van der Waals surface area contributed by atoms with Crippen molar-refractivity contribution in [3.63, 3.8) is 0 Å². The molecule has 1 aliphatic rings. The Hall–Kier alpha value is -1.03. The van der Waals surface area contributed by atoms with E-state index in [9.17, 15) is 4.79 Å². The molecule has 68 valence electrons. The average molecular weight is 172 g/mol. The third-order valence-corrected chi connectivity index (χ3v) is 1.56. The van der Waals surface area contributed by atoms with Gasteiger partial charge in [-0.1, -0.05) is 0 Å². The number of rotatable bonds is 2. The molecular weight excluding hydrogens is 160 g/mol. The van der Waals surface area contributed by atoms with Gasteiger partial charge in [-0.25, -0.2) is 4.79 Å². The predicted molar refractivity (Wildman–Crippen MR) is 41.6 cm³/mol. The maximum atomic E-state index is 10.7. The first-order chi connectivity index (χ1) is 5.56. The van der Waals surface area contributed by atoms with E-state index in [0.717, 1.165) is 0 Å². The molecule has 12 heavy (non-hydrogen) atoms. The lowest BCUT2D eigenvalue weighted by Crippen LogP contribution is -2.20. The van der Waals surface area contributed by atoms with Crippen LogP contribution in [0.25, 0.3) is 0 Å². The smallest absolute Gasteiger partial charge is 0.420 e. The largest absolute Gasteiger partial charge is 0.514 e. The molecule has 0 bridgehead atoms. The minimum absolute atomic E-state index is 0.412. The highest BCUT2D eigenvalue weighted by atomic mass is 16.8. The zero-order valence-electron chi connectivity index (χ0n) is 7.42. The van der Waals surface area contributed by atoms with Crippen molar-refractivity contribution < 1.29 is 19.0 Å². The van der Waals surface area contributed by atoms with Crippen LogP contribution in [-0.4, -0.2) is 25.5 Å². The summed E-state index contributed by atoms with van der Waals surface area (Å²) in [6.45, 7) is 3.94. The fourth-order valence-corrected chi connectivity index (χ4v) is 0.939. The fourth-order valence-electron chi connectivity index (χ4n) is 0.939. The first-order valence-electron chi connectivity index (χ1n) is 3.66. The molecule has 0 radical (unpaired) electrons. The van der Waals surface area contributed by atoms with Crippen LogP contribution in [0.2, 0.25) is 0 Å². The van der Waals surface area contributed by atoms with Crippen molar-refractivity contribution in [1.29, 1.82) is 0 Å². The van der Waals surface area contributed by atoms with E-state index in [2.05, 4.69) is 0 Å². The van der Waals surface area contributed by atoms with Gasteiger partial charge in [0, 0.05) is 7.11 Å². The number of hydrogen-bond acceptors (Lipinski definition) is 4. The lowest BCUT2D eigenvalue weighted by molar-refractivity contribution is 0.0871. The third kappa shape index (κ3) is 1.76. The van der Waals surface area contributed by atoms with Gasteiger partial charge in [-0.05, 0) is 19.9 Å². The number of hydrogen-bond donors (Lipinski definition) is 0. The van der Waals surface area contributed by atoms with Crippen LogP contribution < -0.4 is 0 Å². The van der Waals surface area contributed by atoms with E-state index in [-0.39, 0.29) is 0 Å². The Balaban J connectivity index is 2.71. The van der Waals surface area contributed by atoms with Crippen molar-refractivity contribution in [3.05, 3.63) is 11.8 Å². The van der Waals surface area contributed by atoms with Crippen LogP contribution in [-0.2, 0) is 14.2 Å². The molecule has 0 aromatic carbocycles. The van der Waals surface area contributed by atoms with E-state index in [1.807, 2.05) is 0 Å². The highest BCUT2D eigenvalue weighted by molar-refractivity contribution is 5.66. The Kier molecular flexibility index (Phi) is 2.38. The van der Waals surface area contributed by atoms with Crippen LogP contribution in [0.15, 0.2) is 11.8 Å². The second-order valence-corrected chi connectivity index (χ2v) is 2.99. The van der Waals surface area contributed by atoms with Gasteiger partial charge in [0.25, 0.3) is 0 Å². The Morgan fingerprint density at radius 2 is 2.25 bits per heavy atom. The minimum Gasteiger partial charge on any atom is -0.420 e. The molecule has 0 atom stereocenters. The van der Waals surface area contributed by atoms with E-state index in [0.29, 0.717) is 12.4 Å². The molecule has 0 amide bonds. The fraction of sp³-hybridized carbons (Fsp3) is 0.625. The van der Waals surface area contributed by atoms with Gasteiger partial charge in [0.15, 0.2) is 11.4 Å². The third-order valence-electron chi connectivity index (χ3n) is 1.56. The summed E-state index contributed by atoms with van der Waals surface area (Å²) in [5.74, 6) is 0.509. The highest BCUT2D eigenvalue weighted by Crippen LogP contribution is 2.29. The topological polar surface area (TPSA) is 44.8 Å². The van der Waals surface area contributed by atoms with Gasteiger partial charge < -0.3 is 14.2 Å². The number of carbonyl (C=O) groups is 1. The number of ether oxygens (including phenoxy) is 3. The molecule has 1 fully saturated rings. The van der Waals surface area contributed by atoms with Gasteiger partial charge in [-0.15, -0.1) is 0 Å². The first-order valence-corrected chi connectivity index (χ1v) is 3.66. The molecule has 1 heterocycles. The van der Waals surface area contributed by atoms with E-state index < -0.39 is 11.8 Å². The Bertz CT molecular complexity index is 217. The lowest BCUT2D eigenvalue weighted by Gasteiger charge is -2.13. The highest BCUT2D eigenvalue weighted by Gasteiger charge is 2.38. The molecule has 0 spiro atoms. The van der Waals surface area contributed by atoms with Gasteiger partial charge in [-0.2, -0.15) is 0 Å². The standard InChI is InChI=1S/C8H12O4/c1-8(2)6(4-5-10-3)11-7(9)12-8/h4H,5H2,1-3H3/b6-4-. The van der Waals surface area contributed by atoms with Crippen LogP contribution in [0, 0.1) is 0 Å². The summed E-state index contributed by atoms with van der Waals surface area (Å²) in [6.07, 6.45) is 1.03. The summed E-state index contributed by atoms with van der Waals surface area (Å²) in [7, 11) is 1.57. The van der Waals surface area contributed by atoms with Crippen molar-refractivity contribution in [2.75, 3.05) is 13.7 Å². The molecule has 0 aliphatic carbocycles. The second-order valence-electron chi connectivity index (χ2n) is 2.99. The number of cyclic esters (lactones) is 2. The quantitative estimate of drug-likeness (QED) is 0.591. The average Bonchev–Trinajstić information content (AvgIpc) is 2.20. The van der Waals surface area contributed by atoms with Gasteiger partial charge in [0.1, 0.15) is 0 Å². The van der Waals surface area contributed by atoms with Crippen molar-refractivity contribution in [1.82, 2.24) is 0 Å². The van der Waals surface area contributed by atoms with Crippen LogP contribution in [0.3, 0.4) is 0 Å². The van der Waals surface area contributed by atoms with Crippen molar-refractivity contribution in [2.45, 2.75) is 19.4 Å². The monoisotopic (exact) mass is 172 g/mol. The molecule has 4 nitrogen and oxygen atoms in total. The second kappa shape index (κ2) is 3.15. The molecule has 0 aromatic heterocycles. The van der Waals surface area contributed by atoms with Crippen LogP contribution in [0.5, 0.6) is 0 Å². The molecule has 0 aromatic rings. The molecule has 1 saturated heterocycles. The first kappa shape index (κ1) is 9.06. The summed E-state index contributed by atoms with van der Waals surface area (Å²) >= 11 is 0. The summed E-state index contributed by atoms with van der Waals surface area (Å²) in [6, 6.07) is 0. The maximum absolute atomic E-state index is 10.7. The Labute approximate surface area is 71.1 Å². The molecule has 4 heteroatoms.